The van der Waals surface area contributed by atoms with Gasteiger partial charge in [-0.05, 0) is 145 Å². The van der Waals surface area contributed by atoms with Crippen LogP contribution in [0.25, 0.3) is 132 Å². The van der Waals surface area contributed by atoms with Crippen LogP contribution in [-0.4, -0.2) is 24.1 Å². The van der Waals surface area contributed by atoms with Crippen LogP contribution in [0.4, 0.5) is 0 Å². The van der Waals surface area contributed by atoms with Gasteiger partial charge < -0.3 is 9.13 Å². The zero-order chi connectivity index (χ0) is 51.5. The van der Waals surface area contributed by atoms with Crippen LogP contribution in [0, 0.1) is 0 Å². The standard InChI is InChI=1S/C71H55N5/c1-70(2,3)54-29-33-63-60(41-54)61-42-55(71(4,5)6)30-34-64(61)75(63)57-31-32-58-62-40-53-39-59(66(62)76(65(58)43-57)56-27-11-8-12-28-56)50-24-14-20-46(36-50)48-22-16-26-52(38-48)69-73-67(44-17-9-7-10-18-44)72-68(74-69)51-25-15-21-47(37-51)45-19-13-23-49(53)35-45/h7-43H,1-6H3. The van der Waals surface area contributed by atoms with Crippen molar-refractivity contribution in [1.82, 2.24) is 24.1 Å². The van der Waals surface area contributed by atoms with Gasteiger partial charge in [-0.2, -0.15) is 0 Å². The molecular weight excluding hydrogens is 923 g/mol. The zero-order valence-corrected chi connectivity index (χ0v) is 43.6. The summed E-state index contributed by atoms with van der Waals surface area (Å²) in [6.45, 7) is 13.8. The second-order valence-electron chi connectivity index (χ2n) is 22.6. The van der Waals surface area contributed by atoms with Crippen LogP contribution in [0.3, 0.4) is 0 Å². The van der Waals surface area contributed by atoms with E-state index in [2.05, 4.69) is 257 Å². The average Bonchev–Trinajstić information content (AvgIpc) is 4.13. The fourth-order valence-corrected chi connectivity index (χ4v) is 11.5. The normalized spacial score (nSPS) is 12.3. The molecular formula is C71H55N5. The minimum atomic E-state index is 0.00619. The number of aromatic nitrogens is 5. The Bertz CT molecular complexity index is 4750. The number of rotatable bonds is 3. The van der Waals surface area contributed by atoms with E-state index in [1.54, 1.807) is 0 Å². The van der Waals surface area contributed by atoms with Gasteiger partial charge in [0.05, 0.1) is 22.1 Å². The molecule has 0 unspecified atom stereocenters. The Morgan fingerprint density at radius 3 is 1.32 bits per heavy atom. The lowest BCUT2D eigenvalue weighted by Crippen LogP contribution is -2.10. The van der Waals surface area contributed by atoms with Crippen molar-refractivity contribution >= 4 is 109 Å². The Kier molecular flexibility index (Phi) is 10.3. The second kappa shape index (κ2) is 17.2. The van der Waals surface area contributed by atoms with Gasteiger partial charge in [0.2, 0.25) is 0 Å². The average molecular weight is 978 g/mol. The molecule has 14 rings (SSSR count). The molecule has 5 heteroatoms. The Hall–Kier alpha value is -9.19. The topological polar surface area (TPSA) is 48.5 Å². The minimum absolute atomic E-state index is 0.00619. The maximum absolute atomic E-state index is 5.19. The molecule has 0 saturated carbocycles. The van der Waals surface area contributed by atoms with Crippen molar-refractivity contribution in [2.45, 2.75) is 52.4 Å². The van der Waals surface area contributed by atoms with Crippen LogP contribution in [-0.2, 0) is 10.8 Å². The van der Waals surface area contributed by atoms with Gasteiger partial charge in [-0.15, -0.1) is 0 Å². The van der Waals surface area contributed by atoms with Crippen LogP contribution >= 0.6 is 0 Å². The van der Waals surface area contributed by atoms with Crippen LogP contribution < -0.4 is 0 Å². The first-order valence-corrected chi connectivity index (χ1v) is 26.4. The van der Waals surface area contributed by atoms with Crippen LogP contribution in [0.15, 0.2) is 224 Å². The Morgan fingerprint density at radius 1 is 0.289 bits per heavy atom. The van der Waals surface area contributed by atoms with E-state index in [-0.39, 0.29) is 10.8 Å². The van der Waals surface area contributed by atoms with E-state index in [1.165, 1.54) is 43.7 Å². The molecule has 4 heterocycles. The highest BCUT2D eigenvalue weighted by Crippen LogP contribution is 2.42. The number of fused-ring (bicyclic) bond motifs is 25. The summed E-state index contributed by atoms with van der Waals surface area (Å²) in [7, 11) is 0. The third-order valence-corrected chi connectivity index (χ3v) is 15.6. The molecule has 0 amide bonds. The molecule has 76 heavy (non-hydrogen) atoms. The van der Waals surface area contributed by atoms with Gasteiger partial charge in [-0.25, -0.2) is 15.0 Å². The van der Waals surface area contributed by atoms with Crippen LogP contribution in [0.2, 0.25) is 0 Å². The molecule has 0 aliphatic rings. The number of benzene rings is 10. The Labute approximate surface area is 441 Å². The molecule has 0 saturated heterocycles. The maximum Gasteiger partial charge on any atom is 0.164 e. The molecule has 0 N–H and O–H groups in total. The third kappa shape index (κ3) is 7.64. The Balaban J connectivity index is 1.12. The van der Waals surface area contributed by atoms with Gasteiger partial charge in [0, 0.05) is 54.6 Å². The van der Waals surface area contributed by atoms with Crippen LogP contribution in [0.5, 0.6) is 0 Å². The van der Waals surface area contributed by atoms with Gasteiger partial charge in [0.1, 0.15) is 0 Å². The van der Waals surface area contributed by atoms with Crippen LogP contribution in [0.1, 0.15) is 52.7 Å². The van der Waals surface area contributed by atoms with E-state index in [0.29, 0.717) is 17.1 Å². The molecule has 5 nitrogen and oxygen atoms in total. The molecule has 0 aliphatic carbocycles. The largest absolute Gasteiger partial charge is 0.309 e. The van der Waals surface area contributed by atoms with Crippen molar-refractivity contribution in [1.29, 1.82) is 0 Å². The molecule has 0 aliphatic heterocycles. The van der Waals surface area contributed by atoms with Crippen molar-refractivity contribution in [3.05, 3.63) is 236 Å². The van der Waals surface area contributed by atoms with E-state index in [1.807, 2.05) is 18.2 Å². The van der Waals surface area contributed by atoms with Crippen molar-refractivity contribution < 1.29 is 0 Å². The van der Waals surface area contributed by atoms with E-state index in [9.17, 15) is 0 Å². The second-order valence-corrected chi connectivity index (χ2v) is 22.6. The summed E-state index contributed by atoms with van der Waals surface area (Å²) in [5.41, 5.74) is 11.8. The number of hydrogen-bond acceptors (Lipinski definition) is 3. The lowest BCUT2D eigenvalue weighted by Gasteiger charge is -2.19. The molecule has 0 fully saturated rings. The lowest BCUT2D eigenvalue weighted by molar-refractivity contribution is 0.590. The quantitative estimate of drug-likeness (QED) is 0.177. The molecule has 14 aromatic rings. The lowest BCUT2D eigenvalue weighted by atomic mass is 9.85. The summed E-state index contributed by atoms with van der Waals surface area (Å²) in [6, 6.07) is 82.4. The van der Waals surface area contributed by atoms with E-state index < -0.39 is 0 Å². The fourth-order valence-electron chi connectivity index (χ4n) is 11.5. The summed E-state index contributed by atoms with van der Waals surface area (Å²) in [6.07, 6.45) is 0. The molecule has 12 bridgehead atoms. The maximum atomic E-state index is 5.19. The fraction of sp³-hybridized carbons (Fsp3) is 0.113. The zero-order valence-electron chi connectivity index (χ0n) is 43.6. The summed E-state index contributed by atoms with van der Waals surface area (Å²) < 4.78 is 4.98. The Morgan fingerprint density at radius 2 is 0.763 bits per heavy atom. The SMILES string of the molecule is CC(C)(C)c1ccc2c(c1)c1cc(C(C)(C)C)ccc1n2-c1ccc2c3cc4cc(c5cccc(c5)c5cccc(c5)c5nc(-c6ccccc6)nc(n5)c5cccc(c5)c5cccc4c5)c3n(-c3ccccc3)c2c1. The van der Waals surface area contributed by atoms with Gasteiger partial charge in [0.25, 0.3) is 0 Å². The predicted octanol–water partition coefficient (Wildman–Crippen LogP) is 18.9. The van der Waals surface area contributed by atoms with E-state index in [0.717, 1.165) is 81.8 Å². The summed E-state index contributed by atoms with van der Waals surface area (Å²) >= 11 is 0. The van der Waals surface area contributed by atoms with Crippen molar-refractivity contribution in [3.63, 3.8) is 0 Å². The highest BCUT2D eigenvalue weighted by molar-refractivity contribution is 6.22. The molecule has 0 radical (unpaired) electrons. The first-order chi connectivity index (χ1) is 36.9. The van der Waals surface area contributed by atoms with Crippen molar-refractivity contribution in [2.75, 3.05) is 0 Å². The highest BCUT2D eigenvalue weighted by Gasteiger charge is 2.23. The van der Waals surface area contributed by atoms with Crippen molar-refractivity contribution in [2.24, 2.45) is 0 Å². The minimum Gasteiger partial charge on any atom is -0.309 e. The molecule has 4 aromatic heterocycles. The summed E-state index contributed by atoms with van der Waals surface area (Å²) in [5, 5.41) is 15.7. The molecule has 364 valence electrons. The smallest absolute Gasteiger partial charge is 0.164 e. The highest BCUT2D eigenvalue weighted by atomic mass is 15.0. The summed E-state index contributed by atoms with van der Waals surface area (Å²) in [4.78, 5) is 15.4. The number of hydrogen-bond donors (Lipinski definition) is 0. The van der Waals surface area contributed by atoms with Gasteiger partial charge >= 0.3 is 0 Å². The number of nitrogens with zero attached hydrogens (tertiary/aromatic N) is 5. The van der Waals surface area contributed by atoms with Gasteiger partial charge in [0.15, 0.2) is 17.1 Å². The van der Waals surface area contributed by atoms with Crippen molar-refractivity contribution in [3.8, 4) is 22.8 Å². The molecule has 0 spiro atoms. The van der Waals surface area contributed by atoms with E-state index >= 15 is 0 Å². The monoisotopic (exact) mass is 977 g/mol. The summed E-state index contributed by atoms with van der Waals surface area (Å²) in [5.74, 6) is 0.637. The molecule has 10 aromatic carbocycles. The predicted molar refractivity (Wildman–Crippen MR) is 323 cm³/mol. The first kappa shape index (κ1) is 45.4. The van der Waals surface area contributed by atoms with Gasteiger partial charge in [-0.3, -0.25) is 0 Å². The molecule has 0 atom stereocenters. The van der Waals surface area contributed by atoms with E-state index in [4.69, 9.17) is 15.0 Å². The van der Waals surface area contributed by atoms with Gasteiger partial charge in [-0.1, -0.05) is 181 Å². The first-order valence-electron chi connectivity index (χ1n) is 26.4. The third-order valence-electron chi connectivity index (χ3n) is 15.6. The number of para-hydroxylation sites is 1.